The maximum Gasteiger partial charge on any atom is 0.247 e. The molecule has 0 saturated carbocycles. The summed E-state index contributed by atoms with van der Waals surface area (Å²) in [6.45, 7) is 3.24. The summed E-state index contributed by atoms with van der Waals surface area (Å²) in [7, 11) is 1.79. The predicted octanol–water partition coefficient (Wildman–Crippen LogP) is 3.88. The number of amides is 1. The third-order valence-electron chi connectivity index (χ3n) is 5.04. The van der Waals surface area contributed by atoms with Crippen LogP contribution in [-0.4, -0.2) is 37.8 Å². The third kappa shape index (κ3) is 5.45. The lowest BCUT2D eigenvalue weighted by Crippen LogP contribution is -2.26. The first-order chi connectivity index (χ1) is 15.1. The maximum absolute atomic E-state index is 12.5. The summed E-state index contributed by atoms with van der Waals surface area (Å²) in [4.78, 5) is 14.2. The van der Waals surface area contributed by atoms with Crippen molar-refractivity contribution in [1.29, 1.82) is 0 Å². The van der Waals surface area contributed by atoms with E-state index in [9.17, 15) is 4.79 Å². The Balaban J connectivity index is 1.28. The van der Waals surface area contributed by atoms with Crippen molar-refractivity contribution < 1.29 is 9.21 Å². The molecule has 0 radical (unpaired) electrons. The topological polar surface area (TPSA) is 77.1 Å². The summed E-state index contributed by atoms with van der Waals surface area (Å²) in [5.74, 6) is 0.959. The second kappa shape index (κ2) is 9.38. The number of carbonyl (C=O) groups is 1. The number of rotatable bonds is 8. The van der Waals surface area contributed by atoms with Crippen LogP contribution in [0.25, 0.3) is 11.5 Å². The summed E-state index contributed by atoms with van der Waals surface area (Å²) in [5, 5.41) is 12.6. The smallest absolute Gasteiger partial charge is 0.247 e. The van der Waals surface area contributed by atoms with Gasteiger partial charge in [-0.2, -0.15) is 5.10 Å². The van der Waals surface area contributed by atoms with E-state index >= 15 is 0 Å². The molecule has 4 aromatic rings. The van der Waals surface area contributed by atoms with Gasteiger partial charge in [0.2, 0.25) is 17.7 Å². The molecule has 0 N–H and O–H groups in total. The Kier molecular flexibility index (Phi) is 6.21. The molecule has 2 heterocycles. The van der Waals surface area contributed by atoms with Crippen LogP contribution in [0, 0.1) is 6.92 Å². The SMILES string of the molecule is Cc1ccc(-c2nnc(CCC(=O)N(C)Cc3cnn(Cc4ccccc4)c3)o2)cc1. The average molecular weight is 415 g/mol. The molecular formula is C24H25N5O2. The van der Waals surface area contributed by atoms with Crippen molar-refractivity contribution in [1.82, 2.24) is 24.9 Å². The van der Waals surface area contributed by atoms with Crippen molar-refractivity contribution in [3.8, 4) is 11.5 Å². The van der Waals surface area contributed by atoms with Crippen LogP contribution < -0.4 is 0 Å². The summed E-state index contributed by atoms with van der Waals surface area (Å²) in [6, 6.07) is 18.1. The van der Waals surface area contributed by atoms with Crippen LogP contribution >= 0.6 is 0 Å². The lowest BCUT2D eigenvalue weighted by atomic mass is 10.1. The Morgan fingerprint density at radius 1 is 1.03 bits per heavy atom. The molecule has 0 spiro atoms. The standard InChI is InChI=1S/C24H25N5O2/c1-18-8-10-21(11-9-18)24-27-26-22(31-24)12-13-23(30)28(2)15-20-14-25-29(17-20)16-19-6-4-3-5-7-19/h3-11,14,17H,12-13,15-16H2,1-2H3. The fourth-order valence-electron chi connectivity index (χ4n) is 3.28. The Bertz CT molecular complexity index is 1130. The van der Waals surface area contributed by atoms with E-state index in [1.807, 2.05) is 60.3 Å². The molecular weight excluding hydrogens is 390 g/mol. The van der Waals surface area contributed by atoms with Gasteiger partial charge in [0.1, 0.15) is 0 Å². The molecule has 31 heavy (non-hydrogen) atoms. The van der Waals surface area contributed by atoms with E-state index in [1.165, 1.54) is 11.1 Å². The van der Waals surface area contributed by atoms with Crippen LogP contribution in [0.1, 0.15) is 29.0 Å². The molecule has 7 heteroatoms. The van der Waals surface area contributed by atoms with Gasteiger partial charge in [0.05, 0.1) is 12.7 Å². The fourth-order valence-corrected chi connectivity index (χ4v) is 3.28. The van der Waals surface area contributed by atoms with Gasteiger partial charge in [0, 0.05) is 43.8 Å². The number of hydrogen-bond acceptors (Lipinski definition) is 5. The highest BCUT2D eigenvalue weighted by molar-refractivity contribution is 5.76. The minimum atomic E-state index is 0.0193. The van der Waals surface area contributed by atoms with Crippen molar-refractivity contribution in [2.24, 2.45) is 0 Å². The van der Waals surface area contributed by atoms with Crippen LogP contribution in [0.2, 0.25) is 0 Å². The molecule has 0 atom stereocenters. The zero-order chi connectivity index (χ0) is 21.6. The first-order valence-electron chi connectivity index (χ1n) is 10.3. The van der Waals surface area contributed by atoms with Gasteiger partial charge in [-0.05, 0) is 24.6 Å². The molecule has 0 aliphatic heterocycles. The second-order valence-corrected chi connectivity index (χ2v) is 7.65. The molecule has 4 rings (SSSR count). The molecule has 0 bridgehead atoms. The number of carbonyl (C=O) groups excluding carboxylic acids is 1. The van der Waals surface area contributed by atoms with E-state index in [-0.39, 0.29) is 5.91 Å². The maximum atomic E-state index is 12.5. The molecule has 0 aliphatic carbocycles. The van der Waals surface area contributed by atoms with Crippen LogP contribution in [0.15, 0.2) is 71.4 Å². The minimum Gasteiger partial charge on any atom is -0.421 e. The quantitative estimate of drug-likeness (QED) is 0.436. The van der Waals surface area contributed by atoms with Gasteiger partial charge in [0.15, 0.2) is 0 Å². The normalized spacial score (nSPS) is 10.9. The van der Waals surface area contributed by atoms with E-state index in [1.54, 1.807) is 18.1 Å². The molecule has 0 aliphatic rings. The molecule has 1 amide bonds. The zero-order valence-electron chi connectivity index (χ0n) is 17.7. The van der Waals surface area contributed by atoms with Crippen molar-refractivity contribution in [2.75, 3.05) is 7.05 Å². The first-order valence-corrected chi connectivity index (χ1v) is 10.3. The van der Waals surface area contributed by atoms with Crippen molar-refractivity contribution in [2.45, 2.75) is 32.9 Å². The van der Waals surface area contributed by atoms with Crippen LogP contribution in [0.4, 0.5) is 0 Å². The summed E-state index contributed by atoms with van der Waals surface area (Å²) in [5.41, 5.74) is 4.22. The predicted molar refractivity (Wildman–Crippen MR) is 117 cm³/mol. The number of benzene rings is 2. The van der Waals surface area contributed by atoms with E-state index in [2.05, 4.69) is 27.4 Å². The molecule has 2 aromatic carbocycles. The Morgan fingerprint density at radius 2 is 1.81 bits per heavy atom. The first kappa shape index (κ1) is 20.5. The molecule has 158 valence electrons. The van der Waals surface area contributed by atoms with Gasteiger partial charge in [-0.25, -0.2) is 0 Å². The average Bonchev–Trinajstić information content (AvgIpc) is 3.43. The largest absolute Gasteiger partial charge is 0.421 e. The van der Waals surface area contributed by atoms with Crippen LogP contribution in [-0.2, 0) is 24.3 Å². The van der Waals surface area contributed by atoms with Crippen molar-refractivity contribution in [3.05, 3.63) is 89.6 Å². The highest BCUT2D eigenvalue weighted by Crippen LogP contribution is 2.19. The van der Waals surface area contributed by atoms with Gasteiger partial charge >= 0.3 is 0 Å². The lowest BCUT2D eigenvalue weighted by molar-refractivity contribution is -0.130. The minimum absolute atomic E-state index is 0.0193. The monoisotopic (exact) mass is 415 g/mol. The second-order valence-electron chi connectivity index (χ2n) is 7.65. The molecule has 2 aromatic heterocycles. The van der Waals surface area contributed by atoms with Gasteiger partial charge in [-0.1, -0.05) is 48.0 Å². The van der Waals surface area contributed by atoms with E-state index in [4.69, 9.17) is 4.42 Å². The highest BCUT2D eigenvalue weighted by Gasteiger charge is 2.14. The van der Waals surface area contributed by atoms with Gasteiger partial charge in [-0.3, -0.25) is 9.48 Å². The molecule has 0 fully saturated rings. The third-order valence-corrected chi connectivity index (χ3v) is 5.04. The number of nitrogens with zero attached hydrogens (tertiary/aromatic N) is 5. The molecule has 0 saturated heterocycles. The van der Waals surface area contributed by atoms with Gasteiger partial charge in [0.25, 0.3) is 0 Å². The Hall–Kier alpha value is -3.74. The molecule has 0 unspecified atom stereocenters. The Labute approximate surface area is 181 Å². The zero-order valence-corrected chi connectivity index (χ0v) is 17.7. The number of hydrogen-bond donors (Lipinski definition) is 0. The summed E-state index contributed by atoms with van der Waals surface area (Å²) in [6.07, 6.45) is 4.50. The lowest BCUT2D eigenvalue weighted by Gasteiger charge is -2.15. The molecule has 7 nitrogen and oxygen atoms in total. The highest BCUT2D eigenvalue weighted by atomic mass is 16.4. The van der Waals surface area contributed by atoms with Crippen molar-refractivity contribution >= 4 is 5.91 Å². The van der Waals surface area contributed by atoms with E-state index in [0.717, 1.165) is 11.1 Å². The Morgan fingerprint density at radius 3 is 2.58 bits per heavy atom. The fraction of sp³-hybridized carbons (Fsp3) is 0.250. The van der Waals surface area contributed by atoms with Gasteiger partial charge < -0.3 is 9.32 Å². The van der Waals surface area contributed by atoms with E-state index in [0.29, 0.717) is 37.7 Å². The van der Waals surface area contributed by atoms with Crippen LogP contribution in [0.3, 0.4) is 0 Å². The van der Waals surface area contributed by atoms with E-state index < -0.39 is 0 Å². The summed E-state index contributed by atoms with van der Waals surface area (Å²) >= 11 is 0. The van der Waals surface area contributed by atoms with Gasteiger partial charge in [-0.15, -0.1) is 10.2 Å². The van der Waals surface area contributed by atoms with Crippen LogP contribution in [0.5, 0.6) is 0 Å². The van der Waals surface area contributed by atoms with Crippen molar-refractivity contribution in [3.63, 3.8) is 0 Å². The summed E-state index contributed by atoms with van der Waals surface area (Å²) < 4.78 is 7.59. The number of aromatic nitrogens is 4. The number of aryl methyl sites for hydroxylation is 2.